The summed E-state index contributed by atoms with van der Waals surface area (Å²) < 4.78 is 67.9. The lowest BCUT2D eigenvalue weighted by Crippen LogP contribution is -2.30. The molecule has 3 unspecified atom stereocenters. The van der Waals surface area contributed by atoms with Crippen LogP contribution in [0.4, 0.5) is 0 Å². The number of phosphoric ester groups is 2. The number of aliphatic hydroxyl groups excluding tert-OH is 1. The van der Waals surface area contributed by atoms with Crippen molar-refractivity contribution in [1.29, 1.82) is 0 Å². The third kappa shape index (κ3) is 61.3. The molecule has 0 fully saturated rings. The zero-order chi connectivity index (χ0) is 64.2. The first-order valence-electron chi connectivity index (χ1n) is 35.7. The Bertz CT molecular complexity index is 1690. The van der Waals surface area contributed by atoms with Crippen LogP contribution in [-0.4, -0.2) is 96.7 Å². The van der Waals surface area contributed by atoms with Gasteiger partial charge in [0.05, 0.1) is 26.4 Å². The first kappa shape index (κ1) is 85.1. The van der Waals surface area contributed by atoms with E-state index in [1.54, 1.807) is 0 Å². The van der Waals surface area contributed by atoms with Crippen molar-refractivity contribution in [3.05, 3.63) is 0 Å². The molecule has 3 N–H and O–H groups in total. The van der Waals surface area contributed by atoms with E-state index in [0.29, 0.717) is 25.7 Å². The average molecular weight is 1280 g/mol. The van der Waals surface area contributed by atoms with Crippen molar-refractivity contribution in [3.63, 3.8) is 0 Å². The fraction of sp³-hybridized carbons (Fsp3) is 0.941. The van der Waals surface area contributed by atoms with E-state index in [2.05, 4.69) is 34.6 Å². The smallest absolute Gasteiger partial charge is 0.462 e. The summed E-state index contributed by atoms with van der Waals surface area (Å²) in [6, 6.07) is 0. The van der Waals surface area contributed by atoms with Crippen LogP contribution in [0.1, 0.15) is 349 Å². The summed E-state index contributed by atoms with van der Waals surface area (Å²) in [5.41, 5.74) is 0. The molecule has 0 saturated heterocycles. The van der Waals surface area contributed by atoms with Gasteiger partial charge < -0.3 is 33.8 Å². The van der Waals surface area contributed by atoms with Gasteiger partial charge in [0, 0.05) is 25.7 Å². The van der Waals surface area contributed by atoms with Crippen LogP contribution in [0.5, 0.6) is 0 Å². The number of aliphatic hydroxyl groups is 1. The summed E-state index contributed by atoms with van der Waals surface area (Å²) in [5.74, 6) is -1.27. The third-order valence-electron chi connectivity index (χ3n) is 16.1. The highest BCUT2D eigenvalue weighted by Crippen LogP contribution is 2.45. The van der Waals surface area contributed by atoms with Crippen molar-refractivity contribution < 1.29 is 80.2 Å². The number of hydrogen-bond acceptors (Lipinski definition) is 15. The van der Waals surface area contributed by atoms with Gasteiger partial charge in [-0.3, -0.25) is 37.3 Å². The topological polar surface area (TPSA) is 237 Å². The molecule has 17 nitrogen and oxygen atoms in total. The molecule has 0 amide bonds. The van der Waals surface area contributed by atoms with Gasteiger partial charge in [0.1, 0.15) is 19.3 Å². The van der Waals surface area contributed by atoms with Crippen LogP contribution in [0.2, 0.25) is 0 Å². The lowest BCUT2D eigenvalue weighted by Gasteiger charge is -2.21. The zero-order valence-corrected chi connectivity index (χ0v) is 57.9. The lowest BCUT2D eigenvalue weighted by atomic mass is 9.99. The molecule has 0 aliphatic rings. The van der Waals surface area contributed by atoms with Gasteiger partial charge in [-0.05, 0) is 31.6 Å². The summed E-state index contributed by atoms with van der Waals surface area (Å²) in [6.07, 6.45) is 47.6. The molecule has 0 saturated carbocycles. The molecule has 6 atom stereocenters. The Morgan fingerprint density at radius 1 is 0.322 bits per heavy atom. The molecule has 0 spiro atoms. The standard InChI is InChI=1S/C68H132O17P2/c1-6-10-13-16-18-20-33-37-42-47-52-66(71)79-58-64(85-68(73)54-49-44-39-35-31-29-27-25-23-22-24-26-28-30-32-36-41-45-50-61(5)9-4)60-83-87(76,77)81-56-62(69)55-80-86(74,75)82-59-63(57-78-65(70)51-46-40-15-12-8-3)84-67(72)53-48-43-38-34-21-19-17-14-11-7-2/h61-64,69H,6-60H2,1-5H3,(H,74,75)(H,76,77)/t61?,62-,63+,64+/m0/s1. The molecule has 0 aromatic heterocycles. The molecule has 19 heteroatoms. The lowest BCUT2D eigenvalue weighted by molar-refractivity contribution is -0.161. The van der Waals surface area contributed by atoms with Crippen LogP contribution in [0.25, 0.3) is 0 Å². The largest absolute Gasteiger partial charge is 0.472 e. The molecule has 0 aromatic carbocycles. The van der Waals surface area contributed by atoms with E-state index in [4.69, 9.17) is 37.0 Å². The van der Waals surface area contributed by atoms with E-state index < -0.39 is 97.5 Å². The number of carbonyl (C=O) groups is 4. The Hall–Kier alpha value is -1.94. The van der Waals surface area contributed by atoms with Crippen molar-refractivity contribution in [1.82, 2.24) is 0 Å². The van der Waals surface area contributed by atoms with Crippen LogP contribution in [0.3, 0.4) is 0 Å². The number of phosphoric acid groups is 2. The van der Waals surface area contributed by atoms with Crippen molar-refractivity contribution in [2.75, 3.05) is 39.6 Å². The van der Waals surface area contributed by atoms with Gasteiger partial charge in [-0.15, -0.1) is 0 Å². The predicted molar refractivity (Wildman–Crippen MR) is 349 cm³/mol. The number of rotatable bonds is 68. The zero-order valence-electron chi connectivity index (χ0n) is 56.2. The molecule has 0 aliphatic heterocycles. The summed E-state index contributed by atoms with van der Waals surface area (Å²) in [7, 11) is -9.88. The summed E-state index contributed by atoms with van der Waals surface area (Å²) in [5, 5.41) is 10.5. The number of esters is 4. The average Bonchev–Trinajstić information content (AvgIpc) is 3.59. The quantitative estimate of drug-likeness (QED) is 0.0222. The molecule has 0 aliphatic carbocycles. The fourth-order valence-electron chi connectivity index (χ4n) is 10.3. The van der Waals surface area contributed by atoms with Gasteiger partial charge in [-0.25, -0.2) is 9.13 Å². The Kier molecular flexibility index (Phi) is 60.2. The second kappa shape index (κ2) is 61.6. The number of hydrogen-bond donors (Lipinski definition) is 3. The van der Waals surface area contributed by atoms with Crippen molar-refractivity contribution in [2.45, 2.75) is 368 Å². The molecule has 516 valence electrons. The number of carbonyl (C=O) groups excluding carboxylic acids is 4. The Morgan fingerprint density at radius 3 is 0.816 bits per heavy atom. The predicted octanol–water partition coefficient (Wildman–Crippen LogP) is 19.4. The van der Waals surface area contributed by atoms with Crippen molar-refractivity contribution >= 4 is 39.5 Å². The monoisotopic (exact) mass is 1280 g/mol. The Labute approximate surface area is 530 Å². The first-order chi connectivity index (χ1) is 42.1. The minimum absolute atomic E-state index is 0.106. The number of unbranched alkanes of at least 4 members (excludes halogenated alkanes) is 39. The SMILES string of the molecule is CCCCCCCCCCCCC(=O)OC[C@H](COP(=O)(O)OC[C@@H](O)COP(=O)(O)OC[C@@H](COC(=O)CCCCCCC)OC(=O)CCCCCCCCCCCC)OC(=O)CCCCCCCCCCCCCCCCCCCCC(C)CC. The van der Waals surface area contributed by atoms with Crippen LogP contribution in [0, 0.1) is 5.92 Å². The van der Waals surface area contributed by atoms with Gasteiger partial charge in [0.15, 0.2) is 12.2 Å². The Morgan fingerprint density at radius 2 is 0.552 bits per heavy atom. The molecular weight excluding hydrogens is 1150 g/mol. The normalized spacial score (nSPS) is 14.4. The maximum atomic E-state index is 13.0. The second-order valence-corrected chi connectivity index (χ2v) is 27.7. The van der Waals surface area contributed by atoms with Gasteiger partial charge in [-0.2, -0.15) is 0 Å². The van der Waals surface area contributed by atoms with Crippen LogP contribution in [0.15, 0.2) is 0 Å². The molecule has 0 heterocycles. The van der Waals surface area contributed by atoms with Gasteiger partial charge >= 0.3 is 39.5 Å². The molecule has 0 bridgehead atoms. The van der Waals surface area contributed by atoms with Crippen LogP contribution < -0.4 is 0 Å². The molecule has 87 heavy (non-hydrogen) atoms. The maximum Gasteiger partial charge on any atom is 0.472 e. The summed E-state index contributed by atoms with van der Waals surface area (Å²) in [4.78, 5) is 72.0. The van der Waals surface area contributed by atoms with Crippen molar-refractivity contribution in [2.24, 2.45) is 5.92 Å². The van der Waals surface area contributed by atoms with Gasteiger partial charge in [-0.1, -0.05) is 298 Å². The van der Waals surface area contributed by atoms with E-state index in [1.807, 2.05) is 0 Å². The van der Waals surface area contributed by atoms with E-state index in [0.717, 1.165) is 102 Å². The Balaban J connectivity index is 5.05. The van der Waals surface area contributed by atoms with Gasteiger partial charge in [0.25, 0.3) is 0 Å². The molecule has 0 rings (SSSR count). The van der Waals surface area contributed by atoms with E-state index in [1.165, 1.54) is 167 Å². The van der Waals surface area contributed by atoms with Gasteiger partial charge in [0.2, 0.25) is 0 Å². The summed E-state index contributed by atoms with van der Waals surface area (Å²) in [6.45, 7) is 7.19. The van der Waals surface area contributed by atoms with Crippen LogP contribution in [-0.2, 0) is 65.4 Å². The van der Waals surface area contributed by atoms with E-state index in [-0.39, 0.29) is 25.7 Å². The minimum Gasteiger partial charge on any atom is -0.462 e. The summed E-state index contributed by atoms with van der Waals surface area (Å²) >= 11 is 0. The van der Waals surface area contributed by atoms with Crippen molar-refractivity contribution in [3.8, 4) is 0 Å². The van der Waals surface area contributed by atoms with Crippen LogP contribution >= 0.6 is 15.6 Å². The highest BCUT2D eigenvalue weighted by Gasteiger charge is 2.30. The highest BCUT2D eigenvalue weighted by molar-refractivity contribution is 7.47. The second-order valence-electron chi connectivity index (χ2n) is 24.8. The fourth-order valence-corrected chi connectivity index (χ4v) is 11.8. The first-order valence-corrected chi connectivity index (χ1v) is 38.7. The minimum atomic E-state index is -4.94. The molecular formula is C68H132O17P2. The maximum absolute atomic E-state index is 13.0. The number of ether oxygens (including phenoxy) is 4. The van der Waals surface area contributed by atoms with E-state index in [9.17, 15) is 43.2 Å². The molecule has 0 aromatic rings. The molecule has 0 radical (unpaired) electrons. The van der Waals surface area contributed by atoms with E-state index >= 15 is 0 Å². The highest BCUT2D eigenvalue weighted by atomic mass is 31.2. The third-order valence-corrected chi connectivity index (χ3v) is 18.0.